The van der Waals surface area contributed by atoms with Crippen LogP contribution in [-0.4, -0.2) is 31.1 Å². The van der Waals surface area contributed by atoms with Crippen LogP contribution >= 0.6 is 7.60 Å². The molecule has 0 amide bonds. The van der Waals surface area contributed by atoms with Gasteiger partial charge in [0.15, 0.2) is 5.78 Å². The summed E-state index contributed by atoms with van der Waals surface area (Å²) in [5.41, 5.74) is -0.678. The molecule has 0 radical (unpaired) electrons. The van der Waals surface area contributed by atoms with Gasteiger partial charge in [-0.1, -0.05) is 6.07 Å². The number of rotatable bonds is 7. The van der Waals surface area contributed by atoms with E-state index >= 15 is 0 Å². The third-order valence-corrected chi connectivity index (χ3v) is 5.24. The Morgan fingerprint density at radius 1 is 1.19 bits per heavy atom. The lowest BCUT2D eigenvalue weighted by Gasteiger charge is -2.15. The van der Waals surface area contributed by atoms with Crippen molar-refractivity contribution in [3.63, 3.8) is 0 Å². The first-order chi connectivity index (χ1) is 12.2. The molecule has 0 atom stereocenters. The molecule has 140 valence electrons. The van der Waals surface area contributed by atoms with E-state index in [-0.39, 0.29) is 17.1 Å². The molecular weight excluding hydrogens is 372 g/mol. The number of alkyl halides is 3. The second-order valence-electron chi connectivity index (χ2n) is 5.16. The van der Waals surface area contributed by atoms with Gasteiger partial charge in [-0.3, -0.25) is 9.36 Å². The quantitative estimate of drug-likeness (QED) is 0.555. The smallest absolute Gasteiger partial charge is 0.340 e. The Bertz CT molecular complexity index is 834. The van der Waals surface area contributed by atoms with Crippen molar-refractivity contribution in [1.29, 1.82) is 0 Å². The highest BCUT2D eigenvalue weighted by Gasteiger charge is 2.31. The fourth-order valence-corrected chi connectivity index (χ4v) is 3.03. The van der Waals surface area contributed by atoms with Gasteiger partial charge in [0.1, 0.15) is 12.0 Å². The Balaban J connectivity index is 2.30. The number of halogens is 3. The summed E-state index contributed by atoms with van der Waals surface area (Å²) in [6.45, 7) is 0. The van der Waals surface area contributed by atoms with Crippen molar-refractivity contribution < 1.29 is 31.6 Å². The molecule has 0 spiro atoms. The SMILES string of the molecule is COP(=O)(CC(=O)c1cccnc1Nc1cccc(C(F)(F)F)c1)OC. The fraction of sp³-hybridized carbons (Fsp3) is 0.250. The molecule has 0 aliphatic carbocycles. The van der Waals surface area contributed by atoms with E-state index in [1.54, 1.807) is 0 Å². The highest BCUT2D eigenvalue weighted by atomic mass is 31.2. The molecule has 6 nitrogen and oxygen atoms in total. The Hall–Kier alpha value is -2.22. The topological polar surface area (TPSA) is 77.5 Å². The summed E-state index contributed by atoms with van der Waals surface area (Å²) >= 11 is 0. The van der Waals surface area contributed by atoms with Crippen molar-refractivity contribution in [2.24, 2.45) is 0 Å². The third-order valence-electron chi connectivity index (χ3n) is 3.45. The minimum Gasteiger partial charge on any atom is -0.340 e. The fourth-order valence-electron chi connectivity index (χ4n) is 2.10. The zero-order chi connectivity index (χ0) is 19.4. The molecule has 2 rings (SSSR count). The molecule has 0 bridgehead atoms. The number of pyridine rings is 1. The Morgan fingerprint density at radius 3 is 2.50 bits per heavy atom. The van der Waals surface area contributed by atoms with E-state index < -0.39 is 31.3 Å². The maximum absolute atomic E-state index is 12.8. The second-order valence-corrected chi connectivity index (χ2v) is 7.43. The van der Waals surface area contributed by atoms with Crippen molar-refractivity contribution in [1.82, 2.24) is 4.98 Å². The van der Waals surface area contributed by atoms with E-state index in [9.17, 15) is 22.5 Å². The number of nitrogens with zero attached hydrogens (tertiary/aromatic N) is 1. The average molecular weight is 388 g/mol. The van der Waals surface area contributed by atoms with Gasteiger partial charge in [-0.05, 0) is 30.3 Å². The van der Waals surface area contributed by atoms with Gasteiger partial charge in [-0.15, -0.1) is 0 Å². The van der Waals surface area contributed by atoms with Gasteiger partial charge in [-0.2, -0.15) is 13.2 Å². The van der Waals surface area contributed by atoms with E-state index in [1.807, 2.05) is 0 Å². The van der Waals surface area contributed by atoms with Gasteiger partial charge in [0.05, 0.1) is 11.1 Å². The maximum Gasteiger partial charge on any atom is 0.416 e. The summed E-state index contributed by atoms with van der Waals surface area (Å²) in [5, 5.41) is 2.68. The molecule has 1 heterocycles. The van der Waals surface area contributed by atoms with Gasteiger partial charge in [0.25, 0.3) is 0 Å². The number of carbonyl (C=O) groups is 1. The predicted octanol–water partition coefficient (Wildman–Crippen LogP) is 4.51. The molecule has 26 heavy (non-hydrogen) atoms. The van der Waals surface area contributed by atoms with Crippen LogP contribution in [-0.2, 0) is 19.8 Å². The third kappa shape index (κ3) is 4.91. The largest absolute Gasteiger partial charge is 0.416 e. The van der Waals surface area contributed by atoms with Crippen molar-refractivity contribution in [3.8, 4) is 0 Å². The highest BCUT2D eigenvalue weighted by molar-refractivity contribution is 7.54. The highest BCUT2D eigenvalue weighted by Crippen LogP contribution is 2.46. The van der Waals surface area contributed by atoms with Gasteiger partial charge in [-0.25, -0.2) is 4.98 Å². The number of benzene rings is 1. The van der Waals surface area contributed by atoms with Crippen LogP contribution in [0.5, 0.6) is 0 Å². The summed E-state index contributed by atoms with van der Waals surface area (Å²) in [6.07, 6.45) is -3.65. The Labute approximate surface area is 147 Å². The minimum absolute atomic E-state index is 0.0376. The van der Waals surface area contributed by atoms with Crippen molar-refractivity contribution >= 4 is 24.9 Å². The van der Waals surface area contributed by atoms with Crippen LogP contribution < -0.4 is 5.32 Å². The van der Waals surface area contributed by atoms with Crippen LogP contribution in [0.3, 0.4) is 0 Å². The summed E-state index contributed by atoms with van der Waals surface area (Å²) in [5.74, 6) is -0.546. The van der Waals surface area contributed by atoms with E-state index in [2.05, 4.69) is 10.3 Å². The van der Waals surface area contributed by atoms with Gasteiger partial charge < -0.3 is 14.4 Å². The van der Waals surface area contributed by atoms with Crippen molar-refractivity contribution in [2.75, 3.05) is 25.7 Å². The first-order valence-corrected chi connectivity index (χ1v) is 9.04. The molecule has 0 fully saturated rings. The number of nitrogens with one attached hydrogen (secondary N) is 1. The minimum atomic E-state index is -4.50. The lowest BCUT2D eigenvalue weighted by molar-refractivity contribution is -0.137. The normalized spacial score (nSPS) is 12.0. The number of ketones is 1. The molecule has 10 heteroatoms. The number of carbonyl (C=O) groups excluding carboxylic acids is 1. The zero-order valence-electron chi connectivity index (χ0n) is 13.9. The predicted molar refractivity (Wildman–Crippen MR) is 89.8 cm³/mol. The molecule has 1 N–H and O–H groups in total. The molecule has 0 saturated heterocycles. The van der Waals surface area contributed by atoms with Crippen molar-refractivity contribution in [2.45, 2.75) is 6.18 Å². The average Bonchev–Trinajstić information content (AvgIpc) is 2.61. The number of hydrogen-bond donors (Lipinski definition) is 1. The standard InChI is InChI=1S/C16H16F3N2O4P/c1-24-26(23,25-2)10-14(22)13-7-4-8-20-15(13)21-12-6-3-5-11(9-12)16(17,18)19/h3-9H,10H2,1-2H3,(H,20,21). The van der Waals surface area contributed by atoms with Crippen LogP contribution in [0, 0.1) is 0 Å². The first kappa shape index (κ1) is 20.1. The summed E-state index contributed by atoms with van der Waals surface area (Å²) in [7, 11) is -1.28. The van der Waals surface area contributed by atoms with E-state index in [4.69, 9.17) is 9.05 Å². The molecule has 0 aliphatic heterocycles. The van der Waals surface area contributed by atoms with Gasteiger partial charge in [0.2, 0.25) is 0 Å². The Morgan fingerprint density at radius 2 is 1.88 bits per heavy atom. The lowest BCUT2D eigenvalue weighted by atomic mass is 10.1. The number of anilines is 2. The maximum atomic E-state index is 12.8. The molecule has 0 aliphatic rings. The lowest BCUT2D eigenvalue weighted by Crippen LogP contribution is -2.12. The molecule has 1 aromatic carbocycles. The van der Waals surface area contributed by atoms with Crippen LogP contribution in [0.4, 0.5) is 24.7 Å². The van der Waals surface area contributed by atoms with Crippen LogP contribution in [0.2, 0.25) is 0 Å². The number of Topliss-reactive ketones (excluding diaryl/α,β-unsaturated/α-hetero) is 1. The van der Waals surface area contributed by atoms with Gasteiger partial charge in [0, 0.05) is 26.1 Å². The molecule has 0 unspecified atom stereocenters. The molecule has 0 saturated carbocycles. The molecule has 1 aromatic heterocycles. The van der Waals surface area contributed by atoms with Crippen LogP contribution in [0.1, 0.15) is 15.9 Å². The van der Waals surface area contributed by atoms with E-state index in [0.717, 1.165) is 26.4 Å². The van der Waals surface area contributed by atoms with Crippen LogP contribution in [0.15, 0.2) is 42.6 Å². The van der Waals surface area contributed by atoms with E-state index in [1.165, 1.54) is 30.5 Å². The first-order valence-electron chi connectivity index (χ1n) is 7.31. The summed E-state index contributed by atoms with van der Waals surface area (Å²) in [6, 6.07) is 7.38. The second kappa shape index (κ2) is 7.99. The Kier molecular flexibility index (Phi) is 6.17. The van der Waals surface area contributed by atoms with Crippen molar-refractivity contribution in [3.05, 3.63) is 53.7 Å². The van der Waals surface area contributed by atoms with Crippen LogP contribution in [0.25, 0.3) is 0 Å². The van der Waals surface area contributed by atoms with E-state index in [0.29, 0.717) is 0 Å². The monoisotopic (exact) mass is 388 g/mol. The number of hydrogen-bond acceptors (Lipinski definition) is 6. The van der Waals surface area contributed by atoms with Gasteiger partial charge >= 0.3 is 13.8 Å². The molecule has 2 aromatic rings. The number of aromatic nitrogens is 1. The summed E-state index contributed by atoms with van der Waals surface area (Å²) < 4.78 is 60.1. The molecular formula is C16H16F3N2O4P. The summed E-state index contributed by atoms with van der Waals surface area (Å²) in [4.78, 5) is 16.4. The zero-order valence-corrected chi connectivity index (χ0v) is 14.8.